The third kappa shape index (κ3) is 4.36. The van der Waals surface area contributed by atoms with Gasteiger partial charge in [0.05, 0.1) is 30.6 Å². The molecule has 0 aliphatic rings. The van der Waals surface area contributed by atoms with Gasteiger partial charge in [-0.05, 0) is 35.4 Å². The van der Waals surface area contributed by atoms with Gasteiger partial charge in [0.1, 0.15) is 0 Å². The number of ether oxygens (including phenoxy) is 1. The summed E-state index contributed by atoms with van der Waals surface area (Å²) in [7, 11) is 1.39. The Bertz CT molecular complexity index is 1160. The number of carbonyl (C=O) groups excluding carboxylic acids is 1. The van der Waals surface area contributed by atoms with Crippen LogP contribution in [0.15, 0.2) is 95.3 Å². The highest BCUT2D eigenvalue weighted by molar-refractivity contribution is 7.07. The van der Waals surface area contributed by atoms with Crippen LogP contribution in [-0.2, 0) is 11.3 Å². The number of methoxy groups -OCH3 is 1. The monoisotopic (exact) mass is 400 g/mol. The van der Waals surface area contributed by atoms with Crippen LogP contribution in [0.4, 0.5) is 5.69 Å². The Morgan fingerprint density at radius 2 is 1.59 bits per heavy atom. The fourth-order valence-electron chi connectivity index (χ4n) is 3.07. The zero-order chi connectivity index (χ0) is 20.1. The summed E-state index contributed by atoms with van der Waals surface area (Å²) >= 11 is 1.62. The van der Waals surface area contributed by atoms with Crippen molar-refractivity contribution in [1.82, 2.24) is 4.57 Å². The Morgan fingerprint density at radius 3 is 2.24 bits per heavy atom. The Hall–Kier alpha value is -3.44. The van der Waals surface area contributed by atoms with Crippen LogP contribution in [0, 0.1) is 0 Å². The van der Waals surface area contributed by atoms with E-state index >= 15 is 0 Å². The van der Waals surface area contributed by atoms with Crippen molar-refractivity contribution in [2.24, 2.45) is 4.99 Å². The van der Waals surface area contributed by atoms with Gasteiger partial charge in [-0.25, -0.2) is 9.79 Å². The maximum Gasteiger partial charge on any atom is 0.337 e. The van der Waals surface area contributed by atoms with E-state index in [0.717, 1.165) is 27.3 Å². The quantitative estimate of drug-likeness (QED) is 0.428. The van der Waals surface area contributed by atoms with E-state index in [1.807, 2.05) is 60.7 Å². The van der Waals surface area contributed by atoms with Crippen LogP contribution in [0.2, 0.25) is 0 Å². The summed E-state index contributed by atoms with van der Waals surface area (Å²) in [6.45, 7) is 0.654. The average molecular weight is 401 g/mol. The minimum atomic E-state index is -0.329. The largest absolute Gasteiger partial charge is 0.465 e. The SMILES string of the molecule is COC(=O)c1ccc(Cn2c(-c3ccccc3)csc2=Nc2ccccc2)cc1. The van der Waals surface area contributed by atoms with Gasteiger partial charge in [0.25, 0.3) is 0 Å². The van der Waals surface area contributed by atoms with Crippen LogP contribution in [0.25, 0.3) is 11.3 Å². The number of aromatic nitrogens is 1. The number of esters is 1. The fourth-order valence-corrected chi connectivity index (χ4v) is 4.00. The summed E-state index contributed by atoms with van der Waals surface area (Å²) < 4.78 is 7.00. The number of nitrogens with zero attached hydrogens (tertiary/aromatic N) is 2. The third-order valence-electron chi connectivity index (χ3n) is 4.56. The van der Waals surface area contributed by atoms with Crippen molar-refractivity contribution >= 4 is 23.0 Å². The number of thiazole rings is 1. The summed E-state index contributed by atoms with van der Waals surface area (Å²) in [5, 5.41) is 2.14. The van der Waals surface area contributed by atoms with Crippen molar-refractivity contribution in [2.75, 3.05) is 7.11 Å². The van der Waals surface area contributed by atoms with E-state index in [9.17, 15) is 4.79 Å². The molecule has 29 heavy (non-hydrogen) atoms. The van der Waals surface area contributed by atoms with Gasteiger partial charge in [0, 0.05) is 5.38 Å². The fraction of sp³-hybridized carbons (Fsp3) is 0.0833. The zero-order valence-corrected chi connectivity index (χ0v) is 16.8. The Morgan fingerprint density at radius 1 is 0.931 bits per heavy atom. The highest BCUT2D eigenvalue weighted by Gasteiger charge is 2.10. The molecule has 0 radical (unpaired) electrons. The molecule has 3 aromatic carbocycles. The summed E-state index contributed by atoms with van der Waals surface area (Å²) in [6, 6.07) is 27.8. The molecule has 0 amide bonds. The minimum absolute atomic E-state index is 0.329. The molecule has 0 aliphatic heterocycles. The van der Waals surface area contributed by atoms with Crippen molar-refractivity contribution in [3.05, 3.63) is 106 Å². The molecule has 0 aliphatic carbocycles. The van der Waals surface area contributed by atoms with Gasteiger partial charge in [-0.15, -0.1) is 11.3 Å². The second-order valence-corrected chi connectivity index (χ2v) is 7.33. The number of benzene rings is 3. The van der Waals surface area contributed by atoms with Crippen LogP contribution in [0.1, 0.15) is 15.9 Å². The number of hydrogen-bond donors (Lipinski definition) is 0. The Balaban J connectivity index is 1.76. The van der Waals surface area contributed by atoms with E-state index in [-0.39, 0.29) is 5.97 Å². The van der Waals surface area contributed by atoms with Crippen LogP contribution < -0.4 is 4.80 Å². The van der Waals surface area contributed by atoms with Crippen molar-refractivity contribution in [3.8, 4) is 11.3 Å². The van der Waals surface area contributed by atoms with Gasteiger partial charge in [-0.1, -0.05) is 60.7 Å². The van der Waals surface area contributed by atoms with E-state index in [4.69, 9.17) is 9.73 Å². The van der Waals surface area contributed by atoms with Gasteiger partial charge in [0.2, 0.25) is 0 Å². The molecule has 4 nitrogen and oxygen atoms in total. The lowest BCUT2D eigenvalue weighted by atomic mass is 10.1. The van der Waals surface area contributed by atoms with Crippen molar-refractivity contribution in [2.45, 2.75) is 6.54 Å². The van der Waals surface area contributed by atoms with Gasteiger partial charge in [0.15, 0.2) is 4.80 Å². The Kier molecular flexibility index (Phi) is 5.68. The first-order valence-electron chi connectivity index (χ1n) is 9.25. The standard InChI is InChI=1S/C24H20N2O2S/c1-28-23(27)20-14-12-18(13-15-20)16-26-22(19-8-4-2-5-9-19)17-29-24(26)25-21-10-6-3-7-11-21/h2-15,17H,16H2,1H3. The van der Waals surface area contributed by atoms with Gasteiger partial charge >= 0.3 is 5.97 Å². The lowest BCUT2D eigenvalue weighted by Crippen LogP contribution is -2.16. The zero-order valence-electron chi connectivity index (χ0n) is 16.0. The minimum Gasteiger partial charge on any atom is -0.465 e. The molecule has 0 saturated heterocycles. The molecule has 4 rings (SSSR count). The predicted molar refractivity (Wildman–Crippen MR) is 116 cm³/mol. The smallest absolute Gasteiger partial charge is 0.337 e. The van der Waals surface area contributed by atoms with E-state index in [2.05, 4.69) is 22.1 Å². The highest BCUT2D eigenvalue weighted by atomic mass is 32.1. The lowest BCUT2D eigenvalue weighted by molar-refractivity contribution is 0.0600. The molecule has 0 bridgehead atoms. The first kappa shape index (κ1) is 18.9. The van der Waals surface area contributed by atoms with Gasteiger partial charge in [-0.2, -0.15) is 0 Å². The summed E-state index contributed by atoms with van der Waals surface area (Å²) in [6.07, 6.45) is 0. The first-order valence-corrected chi connectivity index (χ1v) is 10.1. The predicted octanol–water partition coefficient (Wildman–Crippen LogP) is 5.28. The maximum absolute atomic E-state index is 11.7. The second kappa shape index (κ2) is 8.71. The molecule has 0 atom stereocenters. The lowest BCUT2D eigenvalue weighted by Gasteiger charge is -2.10. The molecular formula is C24H20N2O2S. The summed E-state index contributed by atoms with van der Waals surface area (Å²) in [5.74, 6) is -0.329. The van der Waals surface area contributed by atoms with Gasteiger partial charge < -0.3 is 9.30 Å². The molecule has 0 N–H and O–H groups in total. The molecule has 144 valence electrons. The molecule has 4 aromatic rings. The van der Waals surface area contributed by atoms with E-state index < -0.39 is 0 Å². The molecule has 5 heteroatoms. The summed E-state index contributed by atoms with van der Waals surface area (Å²) in [4.78, 5) is 17.5. The van der Waals surface area contributed by atoms with Gasteiger partial charge in [-0.3, -0.25) is 0 Å². The van der Waals surface area contributed by atoms with Crippen molar-refractivity contribution in [3.63, 3.8) is 0 Å². The van der Waals surface area contributed by atoms with Crippen LogP contribution in [0.5, 0.6) is 0 Å². The van der Waals surface area contributed by atoms with E-state index in [1.165, 1.54) is 7.11 Å². The topological polar surface area (TPSA) is 43.6 Å². The molecule has 1 aromatic heterocycles. The number of hydrogen-bond acceptors (Lipinski definition) is 4. The molecule has 1 heterocycles. The highest BCUT2D eigenvalue weighted by Crippen LogP contribution is 2.22. The normalized spacial score (nSPS) is 11.4. The second-order valence-electron chi connectivity index (χ2n) is 6.49. The number of carbonyl (C=O) groups is 1. The molecule has 0 spiro atoms. The molecule has 0 fully saturated rings. The number of para-hydroxylation sites is 1. The first-order chi connectivity index (χ1) is 14.2. The molecule has 0 saturated carbocycles. The third-order valence-corrected chi connectivity index (χ3v) is 5.43. The van der Waals surface area contributed by atoms with Crippen LogP contribution >= 0.6 is 11.3 Å². The van der Waals surface area contributed by atoms with Crippen molar-refractivity contribution in [1.29, 1.82) is 0 Å². The maximum atomic E-state index is 11.7. The summed E-state index contributed by atoms with van der Waals surface area (Å²) in [5.41, 5.74) is 4.81. The molecule has 0 unspecified atom stereocenters. The van der Waals surface area contributed by atoms with E-state index in [1.54, 1.807) is 23.5 Å². The van der Waals surface area contributed by atoms with E-state index in [0.29, 0.717) is 12.1 Å². The Labute approximate surface area is 173 Å². The van der Waals surface area contributed by atoms with Crippen LogP contribution in [0.3, 0.4) is 0 Å². The van der Waals surface area contributed by atoms with Crippen molar-refractivity contribution < 1.29 is 9.53 Å². The van der Waals surface area contributed by atoms with Crippen LogP contribution in [-0.4, -0.2) is 17.6 Å². The average Bonchev–Trinajstić information content (AvgIpc) is 3.17. The molecular weight excluding hydrogens is 380 g/mol. The number of rotatable bonds is 5.